The van der Waals surface area contributed by atoms with Crippen molar-refractivity contribution in [3.63, 3.8) is 0 Å². The molecule has 0 unspecified atom stereocenters. The van der Waals surface area contributed by atoms with Gasteiger partial charge in [-0.05, 0) is 50.2 Å². The molecule has 1 aromatic carbocycles. The van der Waals surface area contributed by atoms with Crippen LogP contribution in [0.1, 0.15) is 31.9 Å². The molecule has 0 radical (unpaired) electrons. The van der Waals surface area contributed by atoms with Gasteiger partial charge < -0.3 is 10.3 Å². The summed E-state index contributed by atoms with van der Waals surface area (Å²) in [5.74, 6) is 0. The van der Waals surface area contributed by atoms with E-state index in [9.17, 15) is 0 Å². The fraction of sp³-hybridized carbons (Fsp3) is 0.429. The SMILES string of the molecule is CC(C)n1ccc2cccc(CCCN)c21. The molecule has 0 bridgehead atoms. The number of rotatable bonds is 4. The minimum atomic E-state index is 0.511. The normalized spacial score (nSPS) is 11.5. The number of nitrogens with two attached hydrogens (primary N) is 1. The van der Waals surface area contributed by atoms with Crippen molar-refractivity contribution >= 4 is 10.9 Å². The Morgan fingerprint density at radius 3 is 2.75 bits per heavy atom. The second kappa shape index (κ2) is 4.71. The average Bonchev–Trinajstić information content (AvgIpc) is 2.70. The predicted molar refractivity (Wildman–Crippen MR) is 69.7 cm³/mol. The monoisotopic (exact) mass is 216 g/mol. The van der Waals surface area contributed by atoms with Gasteiger partial charge in [-0.3, -0.25) is 0 Å². The third kappa shape index (κ3) is 1.98. The molecule has 2 aromatic rings. The van der Waals surface area contributed by atoms with Crippen LogP contribution in [-0.2, 0) is 6.42 Å². The summed E-state index contributed by atoms with van der Waals surface area (Å²) in [6, 6.07) is 9.24. The zero-order valence-electron chi connectivity index (χ0n) is 10.1. The molecular weight excluding hydrogens is 196 g/mol. The predicted octanol–water partition coefficient (Wildman–Crippen LogP) is 3.11. The van der Waals surface area contributed by atoms with Gasteiger partial charge in [0.25, 0.3) is 0 Å². The van der Waals surface area contributed by atoms with Gasteiger partial charge in [-0.2, -0.15) is 0 Å². The molecule has 86 valence electrons. The quantitative estimate of drug-likeness (QED) is 0.836. The Balaban J connectivity index is 2.50. The molecule has 0 atom stereocenters. The topological polar surface area (TPSA) is 30.9 Å². The van der Waals surface area contributed by atoms with E-state index in [-0.39, 0.29) is 0 Å². The molecule has 0 amide bonds. The van der Waals surface area contributed by atoms with Crippen LogP contribution in [0.15, 0.2) is 30.5 Å². The first-order valence-electron chi connectivity index (χ1n) is 6.02. The van der Waals surface area contributed by atoms with Crippen LogP contribution in [0.3, 0.4) is 0 Å². The molecule has 1 heterocycles. The van der Waals surface area contributed by atoms with Crippen LogP contribution in [0.25, 0.3) is 10.9 Å². The first-order valence-corrected chi connectivity index (χ1v) is 6.02. The maximum Gasteiger partial charge on any atom is 0.0515 e. The number of aryl methyl sites for hydroxylation is 1. The maximum absolute atomic E-state index is 5.59. The Kier molecular flexibility index (Phi) is 3.30. The van der Waals surface area contributed by atoms with E-state index in [2.05, 4.69) is 48.9 Å². The average molecular weight is 216 g/mol. The largest absolute Gasteiger partial charge is 0.345 e. The number of nitrogens with zero attached hydrogens (tertiary/aromatic N) is 1. The van der Waals surface area contributed by atoms with Gasteiger partial charge in [-0.1, -0.05) is 18.2 Å². The molecule has 16 heavy (non-hydrogen) atoms. The summed E-state index contributed by atoms with van der Waals surface area (Å²) in [6.45, 7) is 5.21. The number of fused-ring (bicyclic) bond motifs is 1. The van der Waals surface area contributed by atoms with Gasteiger partial charge in [0, 0.05) is 12.2 Å². The molecule has 2 heteroatoms. The van der Waals surface area contributed by atoms with Crippen molar-refractivity contribution in [2.24, 2.45) is 5.73 Å². The highest BCUT2D eigenvalue weighted by molar-refractivity contribution is 5.83. The van der Waals surface area contributed by atoms with Gasteiger partial charge in [0.05, 0.1) is 5.52 Å². The van der Waals surface area contributed by atoms with Crippen LogP contribution >= 0.6 is 0 Å². The third-order valence-electron chi connectivity index (χ3n) is 3.03. The van der Waals surface area contributed by atoms with E-state index in [4.69, 9.17) is 5.73 Å². The van der Waals surface area contributed by atoms with Crippen molar-refractivity contribution in [3.05, 3.63) is 36.0 Å². The van der Waals surface area contributed by atoms with Crippen molar-refractivity contribution in [1.29, 1.82) is 0 Å². The van der Waals surface area contributed by atoms with Crippen LogP contribution in [0.5, 0.6) is 0 Å². The summed E-state index contributed by atoms with van der Waals surface area (Å²) in [7, 11) is 0. The lowest BCUT2D eigenvalue weighted by atomic mass is 10.1. The van der Waals surface area contributed by atoms with E-state index in [1.54, 1.807) is 0 Å². The summed E-state index contributed by atoms with van der Waals surface area (Å²) in [5.41, 5.74) is 8.39. The molecule has 2 N–H and O–H groups in total. The molecule has 0 aliphatic heterocycles. The van der Waals surface area contributed by atoms with Gasteiger partial charge in [0.1, 0.15) is 0 Å². The minimum Gasteiger partial charge on any atom is -0.345 e. The van der Waals surface area contributed by atoms with Crippen molar-refractivity contribution < 1.29 is 0 Å². The molecule has 0 spiro atoms. The van der Waals surface area contributed by atoms with Crippen LogP contribution in [-0.4, -0.2) is 11.1 Å². The van der Waals surface area contributed by atoms with E-state index >= 15 is 0 Å². The molecule has 0 aliphatic carbocycles. The lowest BCUT2D eigenvalue weighted by molar-refractivity contribution is 0.620. The molecule has 2 nitrogen and oxygen atoms in total. The Morgan fingerprint density at radius 1 is 1.25 bits per heavy atom. The number of aromatic nitrogens is 1. The first-order chi connectivity index (χ1) is 7.74. The number of benzene rings is 1. The van der Waals surface area contributed by atoms with Gasteiger partial charge in [-0.25, -0.2) is 0 Å². The van der Waals surface area contributed by atoms with Crippen molar-refractivity contribution in [2.75, 3.05) is 6.54 Å². The van der Waals surface area contributed by atoms with Gasteiger partial charge >= 0.3 is 0 Å². The number of hydrogen-bond acceptors (Lipinski definition) is 1. The highest BCUT2D eigenvalue weighted by Gasteiger charge is 2.07. The fourth-order valence-corrected chi connectivity index (χ4v) is 2.22. The van der Waals surface area contributed by atoms with Crippen molar-refractivity contribution in [2.45, 2.75) is 32.7 Å². The zero-order chi connectivity index (χ0) is 11.5. The van der Waals surface area contributed by atoms with Crippen molar-refractivity contribution in [3.8, 4) is 0 Å². The smallest absolute Gasteiger partial charge is 0.0515 e. The van der Waals surface area contributed by atoms with Gasteiger partial charge in [0.15, 0.2) is 0 Å². The lowest BCUT2D eigenvalue weighted by Crippen LogP contribution is -2.04. The molecule has 0 saturated carbocycles. The molecule has 2 rings (SSSR count). The minimum absolute atomic E-state index is 0.511. The fourth-order valence-electron chi connectivity index (χ4n) is 2.22. The molecule has 1 aromatic heterocycles. The Hall–Kier alpha value is -1.28. The van der Waals surface area contributed by atoms with Crippen molar-refractivity contribution in [1.82, 2.24) is 4.57 Å². The molecular formula is C14H20N2. The summed E-state index contributed by atoms with van der Waals surface area (Å²) in [4.78, 5) is 0. The Morgan fingerprint density at radius 2 is 2.06 bits per heavy atom. The van der Waals surface area contributed by atoms with E-state index in [0.717, 1.165) is 19.4 Å². The van der Waals surface area contributed by atoms with Crippen LogP contribution < -0.4 is 5.73 Å². The summed E-state index contributed by atoms with van der Waals surface area (Å²) in [5, 5.41) is 1.34. The number of hydrogen-bond donors (Lipinski definition) is 1. The Labute approximate surface area is 97.1 Å². The molecule has 0 saturated heterocycles. The second-order valence-corrected chi connectivity index (χ2v) is 4.56. The number of para-hydroxylation sites is 1. The first kappa shape index (κ1) is 11.2. The van der Waals surface area contributed by atoms with Crippen LogP contribution in [0.2, 0.25) is 0 Å². The van der Waals surface area contributed by atoms with Crippen LogP contribution in [0.4, 0.5) is 0 Å². The van der Waals surface area contributed by atoms with E-state index in [0.29, 0.717) is 6.04 Å². The van der Waals surface area contributed by atoms with E-state index in [1.807, 2.05) is 0 Å². The molecule has 0 fully saturated rings. The summed E-state index contributed by atoms with van der Waals surface area (Å²) < 4.78 is 2.35. The van der Waals surface area contributed by atoms with E-state index in [1.165, 1.54) is 16.5 Å². The highest BCUT2D eigenvalue weighted by Crippen LogP contribution is 2.24. The van der Waals surface area contributed by atoms with E-state index < -0.39 is 0 Å². The maximum atomic E-state index is 5.59. The highest BCUT2D eigenvalue weighted by atomic mass is 15.0. The molecule has 0 aliphatic rings. The Bertz CT molecular complexity index is 469. The summed E-state index contributed by atoms with van der Waals surface area (Å²) in [6.07, 6.45) is 4.31. The third-order valence-corrected chi connectivity index (χ3v) is 3.03. The standard InChI is InChI=1S/C14H20N2/c1-11(2)16-10-8-13-6-3-5-12(14(13)16)7-4-9-15/h3,5-6,8,10-11H,4,7,9,15H2,1-2H3. The van der Waals surface area contributed by atoms with Crippen LogP contribution in [0, 0.1) is 0 Å². The zero-order valence-corrected chi connectivity index (χ0v) is 10.1. The summed E-state index contributed by atoms with van der Waals surface area (Å²) >= 11 is 0. The lowest BCUT2D eigenvalue weighted by Gasteiger charge is -2.12. The second-order valence-electron chi connectivity index (χ2n) is 4.56. The van der Waals surface area contributed by atoms with Gasteiger partial charge in [0.2, 0.25) is 0 Å². The van der Waals surface area contributed by atoms with Gasteiger partial charge in [-0.15, -0.1) is 0 Å².